The molecule has 1 aromatic carbocycles. The van der Waals surface area contributed by atoms with E-state index in [9.17, 15) is 8.78 Å². The fraction of sp³-hybridized carbons (Fsp3) is 0.455. The van der Waals surface area contributed by atoms with Crippen LogP contribution >= 0.6 is 0 Å². The summed E-state index contributed by atoms with van der Waals surface area (Å²) in [6, 6.07) is 2.20. The van der Waals surface area contributed by atoms with Gasteiger partial charge >= 0.3 is 0 Å². The largest absolute Gasteiger partial charge is 0.493 e. The minimum absolute atomic E-state index is 0.120. The summed E-state index contributed by atoms with van der Waals surface area (Å²) in [6.07, 6.45) is -2.56. The molecule has 1 rings (SSSR count). The summed E-state index contributed by atoms with van der Waals surface area (Å²) < 4.78 is 35.4. The Labute approximate surface area is 93.2 Å². The Hall–Kier alpha value is -1.36. The molecule has 0 bridgehead atoms. The smallest absolute Gasteiger partial charge is 0.263 e. The molecule has 1 atom stereocenters. The molecule has 0 aliphatic heterocycles. The molecule has 0 amide bonds. The molecule has 0 radical (unpaired) electrons. The summed E-state index contributed by atoms with van der Waals surface area (Å²) in [6.45, 7) is 1.70. The van der Waals surface area contributed by atoms with Gasteiger partial charge in [0.2, 0.25) is 0 Å². The Morgan fingerprint density at radius 1 is 1.19 bits per heavy atom. The van der Waals surface area contributed by atoms with E-state index in [-0.39, 0.29) is 11.3 Å². The molecule has 16 heavy (non-hydrogen) atoms. The van der Waals surface area contributed by atoms with Gasteiger partial charge < -0.3 is 15.2 Å². The molecule has 0 aromatic heterocycles. The third-order valence-corrected chi connectivity index (χ3v) is 2.27. The molecule has 0 heterocycles. The van der Waals surface area contributed by atoms with Crippen LogP contribution in [0.5, 0.6) is 11.5 Å². The number of hydrogen-bond donors (Lipinski definition) is 1. The average molecular weight is 231 g/mol. The zero-order chi connectivity index (χ0) is 12.3. The lowest BCUT2D eigenvalue weighted by Crippen LogP contribution is -2.09. The summed E-state index contributed by atoms with van der Waals surface area (Å²) in [5.74, 6) is 0.675. The first-order valence-electron chi connectivity index (χ1n) is 4.80. The van der Waals surface area contributed by atoms with Crippen LogP contribution in [-0.4, -0.2) is 14.2 Å². The number of methoxy groups -OCH3 is 2. The molecule has 0 saturated heterocycles. The van der Waals surface area contributed by atoms with E-state index in [1.54, 1.807) is 6.92 Å². The van der Waals surface area contributed by atoms with Crippen molar-refractivity contribution in [3.63, 3.8) is 0 Å². The van der Waals surface area contributed by atoms with Crippen molar-refractivity contribution in [2.24, 2.45) is 5.73 Å². The van der Waals surface area contributed by atoms with Crippen molar-refractivity contribution in [3.8, 4) is 11.5 Å². The minimum Gasteiger partial charge on any atom is -0.493 e. The van der Waals surface area contributed by atoms with E-state index in [1.165, 1.54) is 26.4 Å². The van der Waals surface area contributed by atoms with Gasteiger partial charge in [0.15, 0.2) is 11.5 Å². The van der Waals surface area contributed by atoms with Crippen molar-refractivity contribution in [2.75, 3.05) is 14.2 Å². The first-order valence-corrected chi connectivity index (χ1v) is 4.80. The number of benzene rings is 1. The third-order valence-electron chi connectivity index (χ3n) is 2.27. The van der Waals surface area contributed by atoms with Gasteiger partial charge in [0.25, 0.3) is 6.43 Å². The number of alkyl halides is 2. The van der Waals surface area contributed by atoms with Crippen LogP contribution in [0, 0.1) is 0 Å². The lowest BCUT2D eigenvalue weighted by molar-refractivity contribution is 0.150. The first kappa shape index (κ1) is 12.7. The second-order valence-corrected chi connectivity index (χ2v) is 3.44. The number of nitrogens with two attached hydrogens (primary N) is 1. The molecule has 1 unspecified atom stereocenters. The van der Waals surface area contributed by atoms with Crippen LogP contribution in [-0.2, 0) is 0 Å². The molecular weight excluding hydrogens is 216 g/mol. The SMILES string of the molecule is COc1cc(C(F)F)cc(C(C)N)c1OC. The number of ether oxygens (including phenoxy) is 2. The maximum atomic E-state index is 12.6. The second-order valence-electron chi connectivity index (χ2n) is 3.44. The number of halogens is 2. The zero-order valence-electron chi connectivity index (χ0n) is 9.46. The van der Waals surface area contributed by atoms with Gasteiger partial charge in [0.05, 0.1) is 14.2 Å². The summed E-state index contributed by atoms with van der Waals surface area (Å²) in [7, 11) is 2.85. The van der Waals surface area contributed by atoms with Crippen LogP contribution in [0.25, 0.3) is 0 Å². The minimum atomic E-state index is -2.56. The van der Waals surface area contributed by atoms with Gasteiger partial charge in [-0.25, -0.2) is 8.78 Å². The Kier molecular flexibility index (Phi) is 4.06. The topological polar surface area (TPSA) is 44.5 Å². The first-order chi connectivity index (χ1) is 7.51. The maximum absolute atomic E-state index is 12.6. The Balaban J connectivity index is 3.37. The van der Waals surface area contributed by atoms with Gasteiger partial charge in [-0.2, -0.15) is 0 Å². The van der Waals surface area contributed by atoms with Crippen molar-refractivity contribution in [1.29, 1.82) is 0 Å². The van der Waals surface area contributed by atoms with Gasteiger partial charge in [0.1, 0.15) is 0 Å². The molecular formula is C11H15F2NO2. The fourth-order valence-corrected chi connectivity index (χ4v) is 1.48. The Morgan fingerprint density at radius 2 is 1.81 bits per heavy atom. The van der Waals surface area contributed by atoms with E-state index in [2.05, 4.69) is 0 Å². The highest BCUT2D eigenvalue weighted by atomic mass is 19.3. The number of rotatable bonds is 4. The second kappa shape index (κ2) is 5.12. The molecule has 2 N–H and O–H groups in total. The fourth-order valence-electron chi connectivity index (χ4n) is 1.48. The molecule has 90 valence electrons. The summed E-state index contributed by atoms with van der Waals surface area (Å²) in [4.78, 5) is 0. The predicted molar refractivity (Wildman–Crippen MR) is 57.1 cm³/mol. The quantitative estimate of drug-likeness (QED) is 0.866. The Morgan fingerprint density at radius 3 is 2.19 bits per heavy atom. The highest BCUT2D eigenvalue weighted by Crippen LogP contribution is 2.37. The van der Waals surface area contributed by atoms with Gasteiger partial charge in [-0.15, -0.1) is 0 Å². The average Bonchev–Trinajstić information content (AvgIpc) is 2.26. The van der Waals surface area contributed by atoms with Crippen LogP contribution < -0.4 is 15.2 Å². The number of hydrogen-bond acceptors (Lipinski definition) is 3. The van der Waals surface area contributed by atoms with Crippen LogP contribution in [0.4, 0.5) is 8.78 Å². The molecule has 0 fully saturated rings. The molecule has 3 nitrogen and oxygen atoms in total. The maximum Gasteiger partial charge on any atom is 0.263 e. The molecule has 0 saturated carbocycles. The van der Waals surface area contributed by atoms with Crippen LogP contribution in [0.1, 0.15) is 30.5 Å². The van der Waals surface area contributed by atoms with E-state index in [0.717, 1.165) is 0 Å². The van der Waals surface area contributed by atoms with Crippen molar-refractivity contribution in [2.45, 2.75) is 19.4 Å². The molecule has 1 aromatic rings. The van der Waals surface area contributed by atoms with Crippen molar-refractivity contribution >= 4 is 0 Å². The summed E-state index contributed by atoms with van der Waals surface area (Å²) >= 11 is 0. The lowest BCUT2D eigenvalue weighted by atomic mass is 10.0. The van der Waals surface area contributed by atoms with Crippen LogP contribution in [0.3, 0.4) is 0 Å². The monoisotopic (exact) mass is 231 g/mol. The molecule has 0 aliphatic rings. The van der Waals surface area contributed by atoms with Crippen LogP contribution in [0.15, 0.2) is 12.1 Å². The van der Waals surface area contributed by atoms with Crippen molar-refractivity contribution in [3.05, 3.63) is 23.3 Å². The summed E-state index contributed by atoms with van der Waals surface area (Å²) in [5.41, 5.74) is 6.09. The normalized spacial score (nSPS) is 12.7. The van der Waals surface area contributed by atoms with E-state index in [0.29, 0.717) is 11.3 Å². The van der Waals surface area contributed by atoms with Crippen LogP contribution in [0.2, 0.25) is 0 Å². The third kappa shape index (κ3) is 2.41. The molecule has 5 heteroatoms. The lowest BCUT2D eigenvalue weighted by Gasteiger charge is -2.17. The van der Waals surface area contributed by atoms with E-state index >= 15 is 0 Å². The van der Waals surface area contributed by atoms with E-state index in [1.807, 2.05) is 0 Å². The van der Waals surface area contributed by atoms with Gasteiger partial charge in [-0.3, -0.25) is 0 Å². The molecule has 0 aliphatic carbocycles. The zero-order valence-corrected chi connectivity index (χ0v) is 9.46. The summed E-state index contributed by atoms with van der Waals surface area (Å²) in [5, 5.41) is 0. The standard InChI is InChI=1S/C11H15F2NO2/c1-6(14)8-4-7(11(12)13)5-9(15-2)10(8)16-3/h4-6,11H,14H2,1-3H3. The van der Waals surface area contributed by atoms with Crippen molar-refractivity contribution in [1.82, 2.24) is 0 Å². The van der Waals surface area contributed by atoms with Gasteiger partial charge in [-0.05, 0) is 19.1 Å². The van der Waals surface area contributed by atoms with E-state index in [4.69, 9.17) is 15.2 Å². The van der Waals surface area contributed by atoms with Crippen molar-refractivity contribution < 1.29 is 18.3 Å². The van der Waals surface area contributed by atoms with E-state index < -0.39 is 12.5 Å². The predicted octanol–water partition coefficient (Wildman–Crippen LogP) is 2.66. The van der Waals surface area contributed by atoms with Gasteiger partial charge in [-0.1, -0.05) is 0 Å². The molecule has 0 spiro atoms. The highest BCUT2D eigenvalue weighted by Gasteiger charge is 2.18. The van der Waals surface area contributed by atoms with Gasteiger partial charge in [0, 0.05) is 17.2 Å². The Bertz CT molecular complexity index is 367. The highest BCUT2D eigenvalue weighted by molar-refractivity contribution is 5.51.